The fraction of sp³-hybridized carbons (Fsp3) is 0.815. The number of carbonyl (C=O) groups excluding carboxylic acids is 1. The van der Waals surface area contributed by atoms with Gasteiger partial charge in [0.15, 0.2) is 12.1 Å². The lowest BCUT2D eigenvalue weighted by Gasteiger charge is -2.46. The van der Waals surface area contributed by atoms with E-state index in [4.69, 9.17) is 19.9 Å². The van der Waals surface area contributed by atoms with E-state index in [-0.39, 0.29) is 37.6 Å². The number of nitrogens with two attached hydrogens (primary N) is 1. The molecule has 5 unspecified atom stereocenters. The summed E-state index contributed by atoms with van der Waals surface area (Å²) in [5.74, 6) is -3.43. The molecule has 0 bridgehead atoms. The summed E-state index contributed by atoms with van der Waals surface area (Å²) in [5.41, 5.74) is 5.96. The third-order valence-corrected chi connectivity index (χ3v) is 7.12. The number of aliphatic hydroxyl groups is 5. The van der Waals surface area contributed by atoms with Gasteiger partial charge in [-0.15, -0.1) is 6.58 Å². The minimum atomic E-state index is -1.88. The first-order valence-corrected chi connectivity index (χ1v) is 13.4. The van der Waals surface area contributed by atoms with Crippen LogP contribution in [0.3, 0.4) is 0 Å². The summed E-state index contributed by atoms with van der Waals surface area (Å²) in [7, 11) is 0. The van der Waals surface area contributed by atoms with Crippen molar-refractivity contribution in [2.24, 2.45) is 23.5 Å². The molecule has 2 saturated heterocycles. The van der Waals surface area contributed by atoms with E-state index >= 15 is 0 Å². The van der Waals surface area contributed by atoms with Crippen LogP contribution in [0.25, 0.3) is 0 Å². The summed E-state index contributed by atoms with van der Waals surface area (Å²) >= 11 is 0. The molecule has 11 nitrogen and oxygen atoms in total. The first-order chi connectivity index (χ1) is 17.7. The zero-order chi connectivity index (χ0) is 28.8. The molecule has 38 heavy (non-hydrogen) atoms. The molecule has 0 radical (unpaired) electrons. The SMILES string of the molecule is C=CCNC(=O)[C@H]1[C@H](C[C@H](/C=C/C(C)C)OC2OC(C)C(O)C(N)C2O)O[C@](O)(C[C@@H](O)C(C)C)C[C@@H]1O. The highest BCUT2D eigenvalue weighted by atomic mass is 16.7. The van der Waals surface area contributed by atoms with Gasteiger partial charge in [-0.2, -0.15) is 0 Å². The van der Waals surface area contributed by atoms with Crippen molar-refractivity contribution >= 4 is 5.91 Å². The van der Waals surface area contributed by atoms with Gasteiger partial charge in [-0.3, -0.25) is 4.79 Å². The molecule has 2 rings (SSSR count). The Hall–Kier alpha value is -1.41. The van der Waals surface area contributed by atoms with E-state index in [1.54, 1.807) is 26.8 Å². The van der Waals surface area contributed by atoms with Crippen molar-refractivity contribution in [3.63, 3.8) is 0 Å². The molecule has 1 amide bonds. The van der Waals surface area contributed by atoms with E-state index in [1.807, 2.05) is 19.9 Å². The van der Waals surface area contributed by atoms with Crippen LogP contribution in [0.5, 0.6) is 0 Å². The summed E-state index contributed by atoms with van der Waals surface area (Å²) in [4.78, 5) is 13.0. The number of carbonyl (C=O) groups is 1. The second kappa shape index (κ2) is 14.3. The van der Waals surface area contributed by atoms with Crippen LogP contribution in [0.15, 0.2) is 24.8 Å². The maximum absolute atomic E-state index is 13.0. The Bertz CT molecular complexity index is 795. The van der Waals surface area contributed by atoms with Crippen molar-refractivity contribution in [1.82, 2.24) is 5.32 Å². The molecule has 2 aliphatic rings. The highest BCUT2D eigenvalue weighted by Crippen LogP contribution is 2.38. The molecule has 0 saturated carbocycles. The van der Waals surface area contributed by atoms with Gasteiger partial charge in [-0.05, 0) is 18.8 Å². The molecule has 0 aliphatic carbocycles. The number of amides is 1. The average Bonchev–Trinajstić information content (AvgIpc) is 2.82. The van der Waals surface area contributed by atoms with Crippen LogP contribution < -0.4 is 11.1 Å². The first-order valence-electron chi connectivity index (χ1n) is 13.4. The van der Waals surface area contributed by atoms with E-state index in [1.165, 1.54) is 6.08 Å². The normalized spacial score (nSPS) is 37.9. The van der Waals surface area contributed by atoms with Crippen LogP contribution in [0.2, 0.25) is 0 Å². The van der Waals surface area contributed by atoms with Gasteiger partial charge in [0.1, 0.15) is 6.10 Å². The topological polar surface area (TPSA) is 184 Å². The fourth-order valence-corrected chi connectivity index (χ4v) is 4.74. The van der Waals surface area contributed by atoms with Crippen molar-refractivity contribution in [3.8, 4) is 0 Å². The van der Waals surface area contributed by atoms with Crippen LogP contribution >= 0.6 is 0 Å². The maximum Gasteiger partial charge on any atom is 0.228 e. The second-order valence-electron chi connectivity index (χ2n) is 11.3. The smallest absolute Gasteiger partial charge is 0.228 e. The Morgan fingerprint density at radius 1 is 1.21 bits per heavy atom. The van der Waals surface area contributed by atoms with Crippen LogP contribution in [-0.4, -0.2) is 98.8 Å². The lowest BCUT2D eigenvalue weighted by Crippen LogP contribution is -2.62. The summed E-state index contributed by atoms with van der Waals surface area (Å²) < 4.78 is 17.8. The predicted octanol–water partition coefficient (Wildman–Crippen LogP) is -0.0684. The van der Waals surface area contributed by atoms with E-state index in [0.717, 1.165) is 0 Å². The Kier molecular flexibility index (Phi) is 12.3. The lowest BCUT2D eigenvalue weighted by atomic mass is 9.81. The lowest BCUT2D eigenvalue weighted by molar-refractivity contribution is -0.307. The Labute approximate surface area is 225 Å². The van der Waals surface area contributed by atoms with Gasteiger partial charge in [-0.1, -0.05) is 45.9 Å². The van der Waals surface area contributed by atoms with Gasteiger partial charge in [0.2, 0.25) is 5.91 Å². The molecule has 2 heterocycles. The van der Waals surface area contributed by atoms with Crippen molar-refractivity contribution < 1.29 is 44.5 Å². The number of allylic oxidation sites excluding steroid dienone is 1. The number of nitrogens with one attached hydrogen (secondary N) is 1. The number of hydrogen-bond donors (Lipinski definition) is 7. The predicted molar refractivity (Wildman–Crippen MR) is 140 cm³/mol. The van der Waals surface area contributed by atoms with Gasteiger partial charge >= 0.3 is 0 Å². The number of aliphatic hydroxyl groups excluding tert-OH is 4. The minimum Gasteiger partial charge on any atom is -0.393 e. The summed E-state index contributed by atoms with van der Waals surface area (Å²) in [6.45, 7) is 12.9. The van der Waals surface area contributed by atoms with E-state index in [9.17, 15) is 30.3 Å². The van der Waals surface area contributed by atoms with Crippen molar-refractivity contribution in [2.75, 3.05) is 6.54 Å². The zero-order valence-electron chi connectivity index (χ0n) is 23.1. The van der Waals surface area contributed by atoms with Crippen LogP contribution in [0, 0.1) is 17.8 Å². The first kappa shape index (κ1) is 32.8. The third-order valence-electron chi connectivity index (χ3n) is 7.12. The summed E-state index contributed by atoms with van der Waals surface area (Å²) in [6, 6.07) is -0.994. The quantitative estimate of drug-likeness (QED) is 0.164. The highest BCUT2D eigenvalue weighted by molar-refractivity contribution is 5.80. The maximum atomic E-state index is 13.0. The molecule has 0 aromatic heterocycles. The summed E-state index contributed by atoms with van der Waals surface area (Å²) in [6.07, 6.45) is -3.51. The third kappa shape index (κ3) is 8.80. The average molecular weight is 545 g/mol. The van der Waals surface area contributed by atoms with Gasteiger partial charge in [0, 0.05) is 25.8 Å². The number of rotatable bonds is 12. The Morgan fingerprint density at radius 3 is 2.45 bits per heavy atom. The molecule has 2 fully saturated rings. The van der Waals surface area contributed by atoms with Gasteiger partial charge in [0.25, 0.3) is 0 Å². The van der Waals surface area contributed by atoms with E-state index in [0.29, 0.717) is 0 Å². The van der Waals surface area contributed by atoms with Crippen LogP contribution in [0.4, 0.5) is 0 Å². The fourth-order valence-electron chi connectivity index (χ4n) is 4.74. The van der Waals surface area contributed by atoms with Crippen LogP contribution in [0.1, 0.15) is 53.9 Å². The zero-order valence-corrected chi connectivity index (χ0v) is 23.1. The molecule has 11 heteroatoms. The van der Waals surface area contributed by atoms with Crippen molar-refractivity contribution in [1.29, 1.82) is 0 Å². The molecular formula is C27H48N2O9. The molecule has 0 spiro atoms. The van der Waals surface area contributed by atoms with E-state index < -0.39 is 72.7 Å². The largest absolute Gasteiger partial charge is 0.393 e. The molecule has 2 aliphatic heterocycles. The standard InChI is InChI=1S/C27H48N2O9/c1-7-10-29-25(34)21-19(31)13-27(35,12-18(30)15(4)5)38-20(21)11-17(9-8-14(2)3)37-26-24(33)22(28)23(32)16(6)36-26/h7-9,14-24,26,30-33,35H,1,10-13,28H2,2-6H3,(H,29,34)/b9-8+/t16?,17-,18+,19-,20-,21+,22?,23?,24?,26?,27+/m0/s1. The molecule has 8 N–H and O–H groups in total. The molecular weight excluding hydrogens is 496 g/mol. The van der Waals surface area contributed by atoms with Gasteiger partial charge < -0.3 is 50.8 Å². The Morgan fingerprint density at radius 2 is 1.87 bits per heavy atom. The number of hydrogen-bond acceptors (Lipinski definition) is 10. The Balaban J connectivity index is 2.35. The summed E-state index contributed by atoms with van der Waals surface area (Å²) in [5, 5.41) is 56.1. The molecule has 11 atom stereocenters. The molecule has 220 valence electrons. The second-order valence-corrected chi connectivity index (χ2v) is 11.3. The van der Waals surface area contributed by atoms with Crippen molar-refractivity contribution in [2.45, 2.75) is 115 Å². The van der Waals surface area contributed by atoms with Gasteiger partial charge in [0.05, 0.1) is 48.6 Å². The number of ether oxygens (including phenoxy) is 3. The monoisotopic (exact) mass is 544 g/mol. The van der Waals surface area contributed by atoms with Gasteiger partial charge in [-0.25, -0.2) is 0 Å². The molecule has 0 aromatic rings. The minimum absolute atomic E-state index is 0.00525. The van der Waals surface area contributed by atoms with Crippen molar-refractivity contribution in [3.05, 3.63) is 24.8 Å². The highest BCUT2D eigenvalue weighted by Gasteiger charge is 2.50. The van der Waals surface area contributed by atoms with Crippen LogP contribution in [-0.2, 0) is 19.0 Å². The molecule has 0 aromatic carbocycles. The van der Waals surface area contributed by atoms with E-state index in [2.05, 4.69) is 11.9 Å².